The highest BCUT2D eigenvalue weighted by Crippen LogP contribution is 2.26. The summed E-state index contributed by atoms with van der Waals surface area (Å²) in [5, 5.41) is 2.97. The average molecular weight is 195 g/mol. The second-order valence-electron chi connectivity index (χ2n) is 3.23. The van der Waals surface area contributed by atoms with Crippen LogP contribution in [-0.2, 0) is 16.0 Å². The van der Waals surface area contributed by atoms with Gasteiger partial charge in [0.25, 0.3) is 0 Å². The van der Waals surface area contributed by atoms with E-state index in [-0.39, 0.29) is 17.8 Å². The number of carbonyl (C=O) groups excluding carboxylic acids is 1. The van der Waals surface area contributed by atoms with E-state index in [1.807, 2.05) is 0 Å². The summed E-state index contributed by atoms with van der Waals surface area (Å²) in [6.07, 6.45) is 0.486. The van der Waals surface area contributed by atoms with E-state index in [9.17, 15) is 9.18 Å². The van der Waals surface area contributed by atoms with Crippen LogP contribution in [0.1, 0.15) is 5.56 Å². The lowest BCUT2D eigenvalue weighted by atomic mass is 10.1. The highest BCUT2D eigenvalue weighted by molar-refractivity contribution is 5.82. The maximum atomic E-state index is 12.8. The van der Waals surface area contributed by atoms with Gasteiger partial charge >= 0.3 is 5.97 Å². The number of anilines is 1. The molecule has 0 saturated carbocycles. The normalized spacial score (nSPS) is 18.6. The van der Waals surface area contributed by atoms with Gasteiger partial charge in [0.1, 0.15) is 11.9 Å². The topological polar surface area (TPSA) is 38.3 Å². The minimum absolute atomic E-state index is 0.281. The number of carbonyl (C=O) groups is 1. The fraction of sp³-hybridized carbons (Fsp3) is 0.300. The van der Waals surface area contributed by atoms with Crippen LogP contribution in [0.25, 0.3) is 0 Å². The van der Waals surface area contributed by atoms with Crippen molar-refractivity contribution >= 4 is 11.7 Å². The van der Waals surface area contributed by atoms with Crippen LogP contribution in [0.4, 0.5) is 10.1 Å². The lowest BCUT2D eigenvalue weighted by molar-refractivity contribution is -0.141. The molecule has 1 atom stereocenters. The Morgan fingerprint density at radius 2 is 2.43 bits per heavy atom. The summed E-state index contributed by atoms with van der Waals surface area (Å²) in [4.78, 5) is 11.2. The Hall–Kier alpha value is -1.58. The molecule has 0 aliphatic carbocycles. The van der Waals surface area contributed by atoms with Crippen molar-refractivity contribution in [2.45, 2.75) is 12.5 Å². The summed E-state index contributed by atoms with van der Waals surface area (Å²) in [6.45, 7) is 0. The van der Waals surface area contributed by atoms with E-state index < -0.39 is 0 Å². The predicted molar refractivity (Wildman–Crippen MR) is 49.5 cm³/mol. The Morgan fingerprint density at radius 3 is 3.14 bits per heavy atom. The molecule has 2 rings (SSSR count). The second-order valence-corrected chi connectivity index (χ2v) is 3.23. The molecule has 74 valence electrons. The van der Waals surface area contributed by atoms with Gasteiger partial charge in [0.15, 0.2) is 0 Å². The van der Waals surface area contributed by atoms with E-state index in [1.54, 1.807) is 6.07 Å². The smallest absolute Gasteiger partial charge is 0.328 e. The van der Waals surface area contributed by atoms with Gasteiger partial charge < -0.3 is 10.1 Å². The van der Waals surface area contributed by atoms with Gasteiger partial charge in [0.2, 0.25) is 0 Å². The Labute approximate surface area is 80.9 Å². The zero-order valence-electron chi connectivity index (χ0n) is 7.71. The van der Waals surface area contributed by atoms with Gasteiger partial charge in [0, 0.05) is 12.1 Å². The summed E-state index contributed by atoms with van der Waals surface area (Å²) < 4.78 is 17.4. The van der Waals surface area contributed by atoms with Crippen molar-refractivity contribution in [2.24, 2.45) is 0 Å². The number of hydrogen-bond donors (Lipinski definition) is 1. The molecule has 0 fully saturated rings. The molecule has 3 nitrogen and oxygen atoms in total. The maximum absolute atomic E-state index is 12.8. The summed E-state index contributed by atoms with van der Waals surface area (Å²) >= 11 is 0. The Balaban J connectivity index is 2.22. The Bertz CT molecular complexity index is 378. The fourth-order valence-electron chi connectivity index (χ4n) is 1.62. The minimum atomic E-state index is -0.378. The van der Waals surface area contributed by atoms with Crippen molar-refractivity contribution in [2.75, 3.05) is 12.4 Å². The lowest BCUT2D eigenvalue weighted by Gasteiger charge is -2.07. The van der Waals surface area contributed by atoms with Crippen LogP contribution in [0.3, 0.4) is 0 Å². The van der Waals surface area contributed by atoms with E-state index in [1.165, 1.54) is 19.2 Å². The molecule has 1 aromatic rings. The van der Waals surface area contributed by atoms with Crippen LogP contribution in [0.15, 0.2) is 18.2 Å². The van der Waals surface area contributed by atoms with Crippen molar-refractivity contribution < 1.29 is 13.9 Å². The first-order chi connectivity index (χ1) is 6.70. The monoisotopic (exact) mass is 195 g/mol. The summed E-state index contributed by atoms with van der Waals surface area (Å²) in [7, 11) is 1.34. The van der Waals surface area contributed by atoms with E-state index in [0.29, 0.717) is 6.42 Å². The Morgan fingerprint density at radius 1 is 1.64 bits per heavy atom. The maximum Gasteiger partial charge on any atom is 0.328 e. The first kappa shape index (κ1) is 8.99. The van der Waals surface area contributed by atoms with Gasteiger partial charge in [-0.2, -0.15) is 0 Å². The average Bonchev–Trinajstić information content (AvgIpc) is 2.59. The van der Waals surface area contributed by atoms with Gasteiger partial charge in [-0.25, -0.2) is 9.18 Å². The van der Waals surface area contributed by atoms with Crippen LogP contribution in [-0.4, -0.2) is 19.1 Å². The quantitative estimate of drug-likeness (QED) is 0.687. The molecule has 1 aliphatic rings. The first-order valence-corrected chi connectivity index (χ1v) is 4.33. The molecule has 14 heavy (non-hydrogen) atoms. The standard InChI is InChI=1S/C10H10FNO2/c1-14-10(13)9-5-6-4-7(11)2-3-8(6)12-9/h2-4,9,12H,5H2,1H3. The third-order valence-electron chi connectivity index (χ3n) is 2.31. The van der Waals surface area contributed by atoms with Crippen molar-refractivity contribution in [3.05, 3.63) is 29.6 Å². The number of benzene rings is 1. The molecule has 1 unspecified atom stereocenters. The molecule has 0 amide bonds. The summed E-state index contributed by atoms with van der Waals surface area (Å²) in [5.74, 6) is -0.599. The van der Waals surface area contributed by atoms with Crippen molar-refractivity contribution in [1.29, 1.82) is 0 Å². The van der Waals surface area contributed by atoms with E-state index in [4.69, 9.17) is 0 Å². The Kier molecular flexibility index (Phi) is 2.11. The van der Waals surface area contributed by atoms with Gasteiger partial charge in [-0.3, -0.25) is 0 Å². The molecule has 0 bridgehead atoms. The molecular formula is C10H10FNO2. The van der Waals surface area contributed by atoms with Gasteiger partial charge in [-0.1, -0.05) is 0 Å². The first-order valence-electron chi connectivity index (χ1n) is 4.33. The van der Waals surface area contributed by atoms with Crippen molar-refractivity contribution in [3.8, 4) is 0 Å². The molecule has 1 aromatic carbocycles. The number of hydrogen-bond acceptors (Lipinski definition) is 3. The highest BCUT2D eigenvalue weighted by Gasteiger charge is 2.27. The third kappa shape index (κ3) is 1.43. The lowest BCUT2D eigenvalue weighted by Crippen LogP contribution is -2.27. The summed E-state index contributed by atoms with van der Waals surface area (Å²) in [6, 6.07) is 4.06. The minimum Gasteiger partial charge on any atom is -0.467 e. The third-order valence-corrected chi connectivity index (χ3v) is 2.31. The van der Waals surface area contributed by atoms with Crippen LogP contribution in [0.5, 0.6) is 0 Å². The predicted octanol–water partition coefficient (Wildman–Crippen LogP) is 1.34. The van der Waals surface area contributed by atoms with E-state index in [0.717, 1.165) is 11.3 Å². The fourth-order valence-corrected chi connectivity index (χ4v) is 1.62. The van der Waals surface area contributed by atoms with Gasteiger partial charge in [-0.15, -0.1) is 0 Å². The SMILES string of the molecule is COC(=O)C1Cc2cc(F)ccc2N1. The van der Waals surface area contributed by atoms with Crippen LogP contribution >= 0.6 is 0 Å². The van der Waals surface area contributed by atoms with E-state index in [2.05, 4.69) is 10.1 Å². The number of esters is 1. The number of ether oxygens (including phenoxy) is 1. The largest absolute Gasteiger partial charge is 0.467 e. The molecule has 0 aromatic heterocycles. The summed E-state index contributed by atoms with van der Waals surface area (Å²) in [5.41, 5.74) is 1.63. The zero-order chi connectivity index (χ0) is 10.1. The van der Waals surface area contributed by atoms with Gasteiger partial charge in [-0.05, 0) is 23.8 Å². The molecule has 0 saturated heterocycles. The van der Waals surface area contributed by atoms with Crippen LogP contribution < -0.4 is 5.32 Å². The molecular weight excluding hydrogens is 185 g/mol. The van der Waals surface area contributed by atoms with Crippen LogP contribution in [0, 0.1) is 5.82 Å². The number of nitrogens with one attached hydrogen (secondary N) is 1. The molecule has 1 heterocycles. The number of halogens is 1. The van der Waals surface area contributed by atoms with Crippen molar-refractivity contribution in [1.82, 2.24) is 0 Å². The van der Waals surface area contributed by atoms with Crippen molar-refractivity contribution in [3.63, 3.8) is 0 Å². The molecule has 0 radical (unpaired) electrons. The van der Waals surface area contributed by atoms with E-state index >= 15 is 0 Å². The van der Waals surface area contributed by atoms with Gasteiger partial charge in [0.05, 0.1) is 7.11 Å². The molecule has 1 aliphatic heterocycles. The number of methoxy groups -OCH3 is 1. The molecule has 0 spiro atoms. The number of fused-ring (bicyclic) bond motifs is 1. The number of rotatable bonds is 1. The highest BCUT2D eigenvalue weighted by atomic mass is 19.1. The zero-order valence-corrected chi connectivity index (χ0v) is 7.71. The van der Waals surface area contributed by atoms with Crippen LogP contribution in [0.2, 0.25) is 0 Å². The molecule has 1 N–H and O–H groups in total. The molecule has 4 heteroatoms. The second kappa shape index (κ2) is 3.29.